The number of nitrogens with two attached hydrogens (primary N) is 1. The van der Waals surface area contributed by atoms with Crippen LogP contribution in [0.15, 0.2) is 11.6 Å². The number of rotatable bonds is 6. The van der Waals surface area contributed by atoms with Crippen LogP contribution in [-0.2, 0) is 9.59 Å². The Bertz CT molecular complexity index is 234. The molecule has 0 atom stereocenters. The van der Waals surface area contributed by atoms with Gasteiger partial charge in [0.05, 0.1) is 6.54 Å². The Hall–Kier alpha value is -1.32. The summed E-state index contributed by atoms with van der Waals surface area (Å²) in [5.41, 5.74) is 5.65. The van der Waals surface area contributed by atoms with Crippen LogP contribution >= 0.6 is 0 Å². The van der Waals surface area contributed by atoms with Crippen molar-refractivity contribution in [3.8, 4) is 0 Å². The van der Waals surface area contributed by atoms with E-state index in [2.05, 4.69) is 5.32 Å². The summed E-state index contributed by atoms with van der Waals surface area (Å²) in [6.45, 7) is 3.88. The number of carbonyl (C=O) groups is 2. The third-order valence-corrected chi connectivity index (χ3v) is 1.68. The summed E-state index contributed by atoms with van der Waals surface area (Å²) in [5, 5.41) is 2.47. The van der Waals surface area contributed by atoms with Gasteiger partial charge < -0.3 is 11.1 Å². The number of allylic oxidation sites excluding steroid dienone is 1. The van der Waals surface area contributed by atoms with Gasteiger partial charge in [-0.3, -0.25) is 9.59 Å². The smallest absolute Gasteiger partial charge is 0.247 e. The monoisotopic (exact) mass is 198 g/mol. The Morgan fingerprint density at radius 2 is 2.00 bits per heavy atom. The van der Waals surface area contributed by atoms with E-state index in [-0.39, 0.29) is 12.5 Å². The van der Waals surface area contributed by atoms with Gasteiger partial charge in [-0.25, -0.2) is 0 Å². The van der Waals surface area contributed by atoms with Crippen LogP contribution in [0.5, 0.6) is 0 Å². The fourth-order valence-electron chi connectivity index (χ4n) is 1.10. The third-order valence-electron chi connectivity index (χ3n) is 1.68. The van der Waals surface area contributed by atoms with E-state index >= 15 is 0 Å². The second-order valence-electron chi connectivity index (χ2n) is 3.04. The zero-order chi connectivity index (χ0) is 11.0. The van der Waals surface area contributed by atoms with Crippen molar-refractivity contribution < 1.29 is 9.59 Å². The van der Waals surface area contributed by atoms with Crippen molar-refractivity contribution >= 4 is 11.8 Å². The van der Waals surface area contributed by atoms with Crippen LogP contribution in [0.2, 0.25) is 0 Å². The number of hydrogen-bond acceptors (Lipinski definition) is 2. The Morgan fingerprint density at radius 1 is 1.36 bits per heavy atom. The minimum Gasteiger partial charge on any atom is -0.368 e. The SMILES string of the molecule is CC/C=C(/CCC)C(=O)NCC(N)=O. The second-order valence-corrected chi connectivity index (χ2v) is 3.04. The van der Waals surface area contributed by atoms with Crippen molar-refractivity contribution in [2.45, 2.75) is 33.1 Å². The number of nitrogens with one attached hydrogen (secondary N) is 1. The fraction of sp³-hybridized carbons (Fsp3) is 0.600. The van der Waals surface area contributed by atoms with Crippen molar-refractivity contribution in [1.82, 2.24) is 5.32 Å². The van der Waals surface area contributed by atoms with Crippen LogP contribution in [0.3, 0.4) is 0 Å². The van der Waals surface area contributed by atoms with Crippen LogP contribution in [0.1, 0.15) is 33.1 Å². The fourth-order valence-corrected chi connectivity index (χ4v) is 1.10. The summed E-state index contributed by atoms with van der Waals surface area (Å²) in [6.07, 6.45) is 4.34. The van der Waals surface area contributed by atoms with Gasteiger partial charge in [0.15, 0.2) is 0 Å². The maximum absolute atomic E-state index is 11.4. The highest BCUT2D eigenvalue weighted by Crippen LogP contribution is 2.05. The third kappa shape index (κ3) is 5.35. The molecule has 0 rings (SSSR count). The molecule has 14 heavy (non-hydrogen) atoms. The molecule has 3 N–H and O–H groups in total. The lowest BCUT2D eigenvalue weighted by atomic mass is 10.1. The highest BCUT2D eigenvalue weighted by molar-refractivity contribution is 5.95. The second kappa shape index (κ2) is 7.12. The number of amides is 2. The molecule has 0 unspecified atom stereocenters. The van der Waals surface area contributed by atoms with Crippen LogP contribution in [0.4, 0.5) is 0 Å². The van der Waals surface area contributed by atoms with Gasteiger partial charge in [-0.05, 0) is 12.8 Å². The van der Waals surface area contributed by atoms with Crippen molar-refractivity contribution in [3.05, 3.63) is 11.6 Å². The molecule has 2 amide bonds. The molecule has 0 saturated carbocycles. The quantitative estimate of drug-likeness (QED) is 0.617. The first-order valence-corrected chi connectivity index (χ1v) is 4.87. The standard InChI is InChI=1S/C10H18N2O2/c1-3-5-8(6-4-2)10(14)12-7-9(11)13/h5H,3-4,6-7H2,1-2H3,(H2,11,13)(H,12,14)/b8-5-. The molecule has 4 heteroatoms. The van der Waals surface area contributed by atoms with Gasteiger partial charge in [0.25, 0.3) is 0 Å². The minimum absolute atomic E-state index is 0.0936. The van der Waals surface area contributed by atoms with Crippen molar-refractivity contribution in [1.29, 1.82) is 0 Å². The number of primary amides is 1. The van der Waals surface area contributed by atoms with E-state index in [9.17, 15) is 9.59 Å². The van der Waals surface area contributed by atoms with Crippen LogP contribution in [0.25, 0.3) is 0 Å². The van der Waals surface area contributed by atoms with Crippen molar-refractivity contribution in [3.63, 3.8) is 0 Å². The maximum Gasteiger partial charge on any atom is 0.247 e. The van der Waals surface area contributed by atoms with Gasteiger partial charge in [-0.1, -0.05) is 26.3 Å². The molecular formula is C10H18N2O2. The molecule has 0 aromatic heterocycles. The summed E-state index contributed by atoms with van der Waals surface area (Å²) in [7, 11) is 0. The molecule has 0 heterocycles. The van der Waals surface area contributed by atoms with E-state index in [4.69, 9.17) is 5.73 Å². The average Bonchev–Trinajstić information content (AvgIpc) is 2.14. The Morgan fingerprint density at radius 3 is 2.43 bits per heavy atom. The lowest BCUT2D eigenvalue weighted by Gasteiger charge is -2.05. The predicted octanol–water partition coefficient (Wildman–Crippen LogP) is 0.724. The summed E-state index contributed by atoms with van der Waals surface area (Å²) < 4.78 is 0. The normalized spacial score (nSPS) is 11.1. The lowest BCUT2D eigenvalue weighted by molar-refractivity contribution is -0.122. The molecule has 0 saturated heterocycles. The summed E-state index contributed by atoms with van der Waals surface area (Å²) in [4.78, 5) is 21.9. The van der Waals surface area contributed by atoms with Crippen LogP contribution in [-0.4, -0.2) is 18.4 Å². The largest absolute Gasteiger partial charge is 0.368 e. The Labute approximate surface area is 84.5 Å². The van der Waals surface area contributed by atoms with E-state index in [0.717, 1.165) is 24.8 Å². The van der Waals surface area contributed by atoms with Crippen LogP contribution < -0.4 is 11.1 Å². The zero-order valence-corrected chi connectivity index (χ0v) is 8.80. The lowest BCUT2D eigenvalue weighted by Crippen LogP contribution is -2.34. The van der Waals surface area contributed by atoms with Gasteiger partial charge in [0.1, 0.15) is 0 Å². The minimum atomic E-state index is -0.523. The molecular weight excluding hydrogens is 180 g/mol. The van der Waals surface area contributed by atoms with E-state index in [1.807, 2.05) is 19.9 Å². The average molecular weight is 198 g/mol. The van der Waals surface area contributed by atoms with Crippen molar-refractivity contribution in [2.75, 3.05) is 6.54 Å². The van der Waals surface area contributed by atoms with E-state index in [0.29, 0.717) is 0 Å². The first-order chi connectivity index (χ1) is 6.61. The molecule has 0 aliphatic rings. The van der Waals surface area contributed by atoms with Gasteiger partial charge in [-0.2, -0.15) is 0 Å². The van der Waals surface area contributed by atoms with Gasteiger partial charge in [0.2, 0.25) is 11.8 Å². The predicted molar refractivity (Wildman–Crippen MR) is 55.5 cm³/mol. The molecule has 4 nitrogen and oxygen atoms in total. The Kier molecular flexibility index (Phi) is 6.45. The zero-order valence-electron chi connectivity index (χ0n) is 8.80. The molecule has 80 valence electrons. The van der Waals surface area contributed by atoms with Crippen molar-refractivity contribution in [2.24, 2.45) is 5.73 Å². The molecule has 0 radical (unpaired) electrons. The molecule has 0 aliphatic carbocycles. The molecule has 0 aliphatic heterocycles. The van der Waals surface area contributed by atoms with Gasteiger partial charge in [-0.15, -0.1) is 0 Å². The van der Waals surface area contributed by atoms with Gasteiger partial charge >= 0.3 is 0 Å². The molecule has 0 aromatic carbocycles. The first-order valence-electron chi connectivity index (χ1n) is 4.87. The van der Waals surface area contributed by atoms with E-state index < -0.39 is 5.91 Å². The Balaban J connectivity index is 4.15. The van der Waals surface area contributed by atoms with E-state index in [1.54, 1.807) is 0 Å². The van der Waals surface area contributed by atoms with Crippen LogP contribution in [0, 0.1) is 0 Å². The summed E-state index contributed by atoms with van der Waals surface area (Å²) in [5.74, 6) is -0.710. The maximum atomic E-state index is 11.4. The molecule has 0 spiro atoms. The molecule has 0 aromatic rings. The van der Waals surface area contributed by atoms with Gasteiger partial charge in [0, 0.05) is 5.57 Å². The molecule has 0 bridgehead atoms. The highest BCUT2D eigenvalue weighted by atomic mass is 16.2. The number of carbonyl (C=O) groups excluding carboxylic acids is 2. The summed E-state index contributed by atoms with van der Waals surface area (Å²) in [6, 6.07) is 0. The number of hydrogen-bond donors (Lipinski definition) is 2. The molecule has 0 fully saturated rings. The summed E-state index contributed by atoms with van der Waals surface area (Å²) >= 11 is 0. The first kappa shape index (κ1) is 12.7. The topological polar surface area (TPSA) is 72.2 Å². The highest BCUT2D eigenvalue weighted by Gasteiger charge is 2.07. The van der Waals surface area contributed by atoms with E-state index in [1.165, 1.54) is 0 Å².